The van der Waals surface area contributed by atoms with Gasteiger partial charge in [-0.25, -0.2) is 4.68 Å². The number of aromatic nitrogens is 2. The third-order valence-electron chi connectivity index (χ3n) is 6.45. The Morgan fingerprint density at radius 1 is 0.857 bits per heavy atom. The van der Waals surface area contributed by atoms with E-state index in [9.17, 15) is 23.4 Å². The molecule has 1 aliphatic carbocycles. The summed E-state index contributed by atoms with van der Waals surface area (Å²) in [6.45, 7) is 0. The molecular formula is C26H21F3N2O4. The molecule has 2 N–H and O–H groups in total. The first-order valence-corrected chi connectivity index (χ1v) is 10.7. The van der Waals surface area contributed by atoms with E-state index in [2.05, 4.69) is 5.10 Å². The number of halogens is 3. The van der Waals surface area contributed by atoms with Crippen molar-refractivity contribution in [2.45, 2.75) is 18.0 Å². The van der Waals surface area contributed by atoms with Crippen molar-refractivity contribution in [1.82, 2.24) is 9.78 Å². The van der Waals surface area contributed by atoms with Crippen molar-refractivity contribution in [3.8, 4) is 28.7 Å². The van der Waals surface area contributed by atoms with Crippen LogP contribution in [0.5, 0.6) is 23.0 Å². The van der Waals surface area contributed by atoms with Gasteiger partial charge in [-0.1, -0.05) is 24.3 Å². The Kier molecular flexibility index (Phi) is 5.16. The standard InChI is InChI=1S/C26H21F3N2O4/c1-34-22-11-15(7-9-20(22)32)25(16-8-10-21(33)23(12-16)35-2)14-17-13-24(25)30-31(17)19-6-4-3-5-18(19)26(27,28)29/h3-13,32-33H,14H2,1-2H3. The minimum atomic E-state index is -4.54. The molecule has 3 aromatic carbocycles. The Balaban J connectivity index is 1.73. The van der Waals surface area contributed by atoms with E-state index in [4.69, 9.17) is 9.47 Å². The molecule has 1 heterocycles. The third kappa shape index (κ3) is 3.46. The van der Waals surface area contributed by atoms with Crippen LogP contribution in [0.15, 0.2) is 66.7 Å². The molecule has 1 aromatic heterocycles. The van der Waals surface area contributed by atoms with E-state index in [0.29, 0.717) is 28.9 Å². The number of alkyl halides is 3. The lowest BCUT2D eigenvalue weighted by molar-refractivity contribution is -0.137. The molecule has 0 spiro atoms. The Labute approximate surface area is 198 Å². The Bertz CT molecular complexity index is 1380. The summed E-state index contributed by atoms with van der Waals surface area (Å²) in [5, 5.41) is 24.9. The van der Waals surface area contributed by atoms with E-state index in [1.165, 1.54) is 43.2 Å². The summed E-state index contributed by atoms with van der Waals surface area (Å²) in [5.74, 6) is 0.412. The van der Waals surface area contributed by atoms with E-state index >= 15 is 0 Å². The number of hydrogen-bond acceptors (Lipinski definition) is 5. The van der Waals surface area contributed by atoms with Crippen molar-refractivity contribution >= 4 is 0 Å². The molecule has 0 saturated heterocycles. The van der Waals surface area contributed by atoms with Gasteiger partial charge in [0.15, 0.2) is 23.0 Å². The zero-order chi connectivity index (χ0) is 25.0. The zero-order valence-electron chi connectivity index (χ0n) is 18.8. The highest BCUT2D eigenvalue weighted by molar-refractivity contribution is 5.60. The second-order valence-electron chi connectivity index (χ2n) is 8.30. The number of fused-ring (bicyclic) bond motifs is 2. The number of aromatic hydroxyl groups is 2. The first-order chi connectivity index (χ1) is 16.7. The highest BCUT2D eigenvalue weighted by Gasteiger charge is 2.47. The molecule has 35 heavy (non-hydrogen) atoms. The van der Waals surface area contributed by atoms with Crippen LogP contribution in [-0.2, 0) is 18.0 Å². The lowest BCUT2D eigenvalue weighted by atomic mass is 9.71. The number of nitrogens with zero attached hydrogens (tertiary/aromatic N) is 2. The molecule has 1 aliphatic rings. The second kappa shape index (κ2) is 7.97. The summed E-state index contributed by atoms with van der Waals surface area (Å²) in [6.07, 6.45) is -4.25. The highest BCUT2D eigenvalue weighted by atomic mass is 19.4. The lowest BCUT2D eigenvalue weighted by Crippen LogP contribution is -2.33. The summed E-state index contributed by atoms with van der Waals surface area (Å²) in [4.78, 5) is 0. The summed E-state index contributed by atoms with van der Waals surface area (Å²) >= 11 is 0. The van der Waals surface area contributed by atoms with Crippen LogP contribution < -0.4 is 9.47 Å². The maximum atomic E-state index is 13.7. The average molecular weight is 482 g/mol. The molecular weight excluding hydrogens is 461 g/mol. The van der Waals surface area contributed by atoms with Crippen molar-refractivity contribution in [2.24, 2.45) is 0 Å². The Morgan fingerprint density at radius 2 is 1.43 bits per heavy atom. The molecule has 6 nitrogen and oxygen atoms in total. The topological polar surface area (TPSA) is 76.7 Å². The van der Waals surface area contributed by atoms with Gasteiger partial charge in [0.1, 0.15) is 0 Å². The second-order valence-corrected chi connectivity index (χ2v) is 8.30. The van der Waals surface area contributed by atoms with Gasteiger partial charge in [-0.2, -0.15) is 18.3 Å². The first-order valence-electron chi connectivity index (χ1n) is 10.7. The largest absolute Gasteiger partial charge is 0.504 e. The van der Waals surface area contributed by atoms with Crippen LogP contribution >= 0.6 is 0 Å². The van der Waals surface area contributed by atoms with Crippen molar-refractivity contribution in [3.05, 3.63) is 94.8 Å². The number of para-hydroxylation sites is 1. The van der Waals surface area contributed by atoms with E-state index < -0.39 is 17.2 Å². The molecule has 180 valence electrons. The van der Waals surface area contributed by atoms with Crippen LogP contribution in [0.1, 0.15) is 28.1 Å². The third-order valence-corrected chi connectivity index (χ3v) is 6.45. The summed E-state index contributed by atoms with van der Waals surface area (Å²) < 4.78 is 53.0. The van der Waals surface area contributed by atoms with Gasteiger partial charge >= 0.3 is 6.18 Å². The smallest absolute Gasteiger partial charge is 0.418 e. The van der Waals surface area contributed by atoms with Crippen molar-refractivity contribution < 1.29 is 32.9 Å². The molecule has 4 aromatic rings. The number of rotatable bonds is 5. The van der Waals surface area contributed by atoms with E-state index in [0.717, 1.165) is 6.07 Å². The average Bonchev–Trinajstić information content (AvgIpc) is 3.43. The van der Waals surface area contributed by atoms with Gasteiger partial charge in [-0.15, -0.1) is 0 Å². The van der Waals surface area contributed by atoms with Gasteiger partial charge in [0, 0.05) is 12.1 Å². The fraction of sp³-hybridized carbons (Fsp3) is 0.192. The molecule has 0 amide bonds. The number of hydrogen-bond donors (Lipinski definition) is 2. The molecule has 5 rings (SSSR count). The Hall–Kier alpha value is -4.14. The van der Waals surface area contributed by atoms with Crippen molar-refractivity contribution in [2.75, 3.05) is 14.2 Å². The van der Waals surface area contributed by atoms with Gasteiger partial charge in [0.25, 0.3) is 0 Å². The summed E-state index contributed by atoms with van der Waals surface area (Å²) in [6, 6.07) is 16.9. The summed E-state index contributed by atoms with van der Waals surface area (Å²) in [5.41, 5.74) is 0.798. The molecule has 9 heteroatoms. The van der Waals surface area contributed by atoms with Crippen LogP contribution in [0.25, 0.3) is 5.69 Å². The normalized spacial score (nSPS) is 14.2. The van der Waals surface area contributed by atoms with Crippen LogP contribution in [0.2, 0.25) is 0 Å². The predicted octanol–water partition coefficient (Wildman–Crippen LogP) is 5.21. The SMILES string of the molecule is COc1cc(C2(c3ccc(O)c(OC)c3)Cc3cc2nn3-c2ccccc2C(F)(F)F)ccc1O. The minimum Gasteiger partial charge on any atom is -0.504 e. The van der Waals surface area contributed by atoms with E-state index in [-0.39, 0.29) is 28.7 Å². The summed E-state index contributed by atoms with van der Waals surface area (Å²) in [7, 11) is 2.87. The van der Waals surface area contributed by atoms with E-state index in [1.807, 2.05) is 0 Å². The fourth-order valence-corrected chi connectivity index (χ4v) is 4.78. The first kappa shape index (κ1) is 22.6. The maximum absolute atomic E-state index is 13.7. The van der Waals surface area contributed by atoms with Gasteiger partial charge < -0.3 is 19.7 Å². The molecule has 0 aliphatic heterocycles. The van der Waals surface area contributed by atoms with Gasteiger partial charge in [0.05, 0.1) is 36.6 Å². The van der Waals surface area contributed by atoms with Gasteiger partial charge in [-0.05, 0) is 53.6 Å². The predicted molar refractivity (Wildman–Crippen MR) is 121 cm³/mol. The van der Waals surface area contributed by atoms with E-state index in [1.54, 1.807) is 36.4 Å². The van der Waals surface area contributed by atoms with Gasteiger partial charge in [-0.3, -0.25) is 0 Å². The quantitative estimate of drug-likeness (QED) is 0.409. The highest BCUT2D eigenvalue weighted by Crippen LogP contribution is 2.50. The van der Waals surface area contributed by atoms with Crippen molar-refractivity contribution in [3.63, 3.8) is 0 Å². The van der Waals surface area contributed by atoms with Crippen LogP contribution in [0.3, 0.4) is 0 Å². The molecule has 0 saturated carbocycles. The molecule has 2 bridgehead atoms. The molecule has 0 radical (unpaired) electrons. The van der Waals surface area contributed by atoms with Gasteiger partial charge in [0.2, 0.25) is 0 Å². The maximum Gasteiger partial charge on any atom is 0.418 e. The number of phenolic OH excluding ortho intramolecular Hbond substituents is 2. The molecule has 0 atom stereocenters. The fourth-order valence-electron chi connectivity index (χ4n) is 4.78. The number of benzene rings is 3. The number of phenols is 2. The number of ether oxygens (including phenoxy) is 2. The monoisotopic (exact) mass is 482 g/mol. The van der Waals surface area contributed by atoms with Crippen LogP contribution in [-0.4, -0.2) is 34.2 Å². The van der Waals surface area contributed by atoms with Crippen molar-refractivity contribution in [1.29, 1.82) is 0 Å². The number of methoxy groups -OCH3 is 2. The van der Waals surface area contributed by atoms with Crippen LogP contribution in [0.4, 0.5) is 13.2 Å². The Morgan fingerprint density at radius 3 is 1.91 bits per heavy atom. The molecule has 0 unspecified atom stereocenters. The minimum absolute atomic E-state index is 0.0443. The lowest BCUT2D eigenvalue weighted by Gasteiger charge is -2.34. The van der Waals surface area contributed by atoms with Crippen LogP contribution in [0, 0.1) is 0 Å². The zero-order valence-corrected chi connectivity index (χ0v) is 18.8. The molecule has 0 fully saturated rings.